The Morgan fingerprint density at radius 2 is 0.300 bits per heavy atom. The zero-order valence-electron chi connectivity index (χ0n) is 9.41. The number of hydrogen-bond donors (Lipinski definition) is 0. The molecule has 0 radical (unpaired) electrons. The Balaban J connectivity index is 0. The van der Waals surface area contributed by atoms with Gasteiger partial charge in [-0.05, 0) is 0 Å². The van der Waals surface area contributed by atoms with E-state index in [-0.39, 0.29) is 95.6 Å². The topological polar surface area (TPSA) is 252 Å². The largest absolute Gasteiger partial charge is 2.00 e. The molecule has 0 amide bonds. The van der Waals surface area contributed by atoms with Crippen LogP contribution in [0.3, 0.4) is 0 Å². The Morgan fingerprint density at radius 1 is 0.300 bits per heavy atom. The predicted octanol–water partition coefficient (Wildman–Crippen LogP) is -6.91. The van der Waals surface area contributed by atoms with Gasteiger partial charge in [0.05, 0.1) is 0 Å². The second-order valence-corrected chi connectivity index (χ2v) is 0. The molecule has 0 aromatic heterocycles. The molecule has 8 nitrogen and oxygen atoms in total. The van der Waals surface area contributed by atoms with Crippen LogP contribution in [0.5, 0.6) is 0 Å². The van der Waals surface area contributed by atoms with Crippen LogP contribution in [0.2, 0.25) is 0 Å². The summed E-state index contributed by atoms with van der Waals surface area (Å²) in [6, 6.07) is 0. The first kappa shape index (κ1) is 795. The summed E-state index contributed by atoms with van der Waals surface area (Å²) in [7, 11) is 0. The quantitative estimate of drug-likeness (QED) is 0.327. The van der Waals surface area contributed by atoms with Crippen molar-refractivity contribution < 1.29 is 49.5 Å². The molecule has 0 rings (SSSR count). The summed E-state index contributed by atoms with van der Waals surface area (Å²) in [4.78, 5) is 0. The van der Waals surface area contributed by atoms with Crippen molar-refractivity contribution in [2.45, 2.75) is 0 Å². The molecule has 0 heterocycles. The van der Waals surface area contributed by atoms with E-state index in [2.05, 4.69) is 0 Å². The molecule has 0 saturated carbocycles. The second kappa shape index (κ2) is 590. The fourth-order valence-corrected chi connectivity index (χ4v) is 0. The van der Waals surface area contributed by atoms with Crippen LogP contribution in [-0.4, -0.2) is 89.9 Å². The van der Waals surface area contributed by atoms with Crippen LogP contribution in [0.25, 0.3) is 0 Å². The standard InChI is InChI=1S/2Mg.8H2O.4H/h;;8*1H2;;;;/q2*+2;;;;;;;;;4*-1. The van der Waals surface area contributed by atoms with Gasteiger partial charge < -0.3 is 49.5 Å². The first-order valence-corrected chi connectivity index (χ1v) is 0. The summed E-state index contributed by atoms with van der Waals surface area (Å²) >= 11 is 0. The van der Waals surface area contributed by atoms with E-state index in [4.69, 9.17) is 0 Å². The third-order valence-electron chi connectivity index (χ3n) is 0. The van der Waals surface area contributed by atoms with E-state index in [0.29, 0.717) is 0 Å². The number of rotatable bonds is 0. The third kappa shape index (κ3) is 423. The molecular weight excluding hydrogens is 177 g/mol. The van der Waals surface area contributed by atoms with Crippen molar-refractivity contribution >= 4 is 46.1 Å². The van der Waals surface area contributed by atoms with Gasteiger partial charge in [-0.1, -0.05) is 0 Å². The van der Waals surface area contributed by atoms with Crippen molar-refractivity contribution in [3.05, 3.63) is 0 Å². The molecule has 0 aliphatic carbocycles. The molecular formula is H20Mg2O8. The van der Waals surface area contributed by atoms with Gasteiger partial charge in [0.15, 0.2) is 0 Å². The molecule has 10 heteroatoms. The van der Waals surface area contributed by atoms with E-state index >= 15 is 0 Å². The first-order chi connectivity index (χ1) is 0. The molecule has 0 spiro atoms. The van der Waals surface area contributed by atoms with Crippen molar-refractivity contribution in [2.24, 2.45) is 0 Å². The molecule has 10 heavy (non-hydrogen) atoms. The average molecular weight is 197 g/mol. The smallest absolute Gasteiger partial charge is 1.00 e. The van der Waals surface area contributed by atoms with E-state index in [0.717, 1.165) is 0 Å². The minimum absolute atomic E-state index is 0. The van der Waals surface area contributed by atoms with Crippen LogP contribution >= 0.6 is 0 Å². The predicted molar refractivity (Wildman–Crippen MR) is 44.9 cm³/mol. The molecule has 16 N–H and O–H groups in total. The van der Waals surface area contributed by atoms with E-state index in [1.54, 1.807) is 0 Å². The zero-order valence-corrected chi connectivity index (χ0v) is 8.24. The maximum absolute atomic E-state index is 0. The molecule has 0 fully saturated rings. The van der Waals surface area contributed by atoms with Gasteiger partial charge >= 0.3 is 46.1 Å². The van der Waals surface area contributed by atoms with Crippen LogP contribution < -0.4 is 0 Å². The molecule has 0 aromatic rings. The van der Waals surface area contributed by atoms with E-state index in [1.807, 2.05) is 0 Å². The fraction of sp³-hybridized carbons (Fsp3) is 0. The Labute approximate surface area is 95.7 Å². The van der Waals surface area contributed by atoms with Crippen LogP contribution in [0.1, 0.15) is 5.71 Å². The Hall–Kier alpha value is 1.21. The van der Waals surface area contributed by atoms with Crippen molar-refractivity contribution in [3.8, 4) is 0 Å². The molecule has 0 aliphatic rings. The maximum atomic E-state index is 0. The van der Waals surface area contributed by atoms with Crippen LogP contribution in [0, 0.1) is 0 Å². The van der Waals surface area contributed by atoms with Gasteiger partial charge in [0, 0.05) is 0 Å². The van der Waals surface area contributed by atoms with Crippen LogP contribution in [0.15, 0.2) is 0 Å². The Morgan fingerprint density at radius 3 is 0.300 bits per heavy atom. The van der Waals surface area contributed by atoms with E-state index in [1.165, 1.54) is 0 Å². The van der Waals surface area contributed by atoms with Crippen LogP contribution in [-0.2, 0) is 0 Å². The van der Waals surface area contributed by atoms with E-state index < -0.39 is 0 Å². The Bertz CT molecular complexity index is 19.3. The average Bonchev–Trinajstić information content (AvgIpc) is 0. The molecule has 0 saturated heterocycles. The fourth-order valence-electron chi connectivity index (χ4n) is 0. The molecule has 0 aromatic carbocycles. The van der Waals surface area contributed by atoms with Crippen molar-refractivity contribution in [3.63, 3.8) is 0 Å². The summed E-state index contributed by atoms with van der Waals surface area (Å²) in [5, 5.41) is 0. The molecule has 0 unspecified atom stereocenters. The van der Waals surface area contributed by atoms with Crippen molar-refractivity contribution in [2.75, 3.05) is 0 Å². The number of hydrogen-bond acceptors (Lipinski definition) is 0. The normalized spacial score (nSPS) is 0. The van der Waals surface area contributed by atoms with Gasteiger partial charge in [0.2, 0.25) is 0 Å². The summed E-state index contributed by atoms with van der Waals surface area (Å²) in [5.41, 5.74) is 0. The monoisotopic (exact) mass is 196 g/mol. The summed E-state index contributed by atoms with van der Waals surface area (Å²) in [5.74, 6) is 0. The zero-order chi connectivity index (χ0) is 0. The second-order valence-electron chi connectivity index (χ2n) is 0. The molecule has 0 atom stereocenters. The molecule has 0 bridgehead atoms. The summed E-state index contributed by atoms with van der Waals surface area (Å²) in [6.45, 7) is 0. The van der Waals surface area contributed by atoms with Crippen molar-refractivity contribution in [1.82, 2.24) is 0 Å². The van der Waals surface area contributed by atoms with Gasteiger partial charge in [0.1, 0.15) is 0 Å². The van der Waals surface area contributed by atoms with E-state index in [9.17, 15) is 0 Å². The van der Waals surface area contributed by atoms with Gasteiger partial charge in [-0.2, -0.15) is 0 Å². The van der Waals surface area contributed by atoms with Gasteiger partial charge in [-0.15, -0.1) is 0 Å². The first-order valence-electron chi connectivity index (χ1n) is 0. The van der Waals surface area contributed by atoms with Gasteiger partial charge in [-0.25, -0.2) is 0 Å². The Kier molecular flexibility index (Phi) is 46900. The van der Waals surface area contributed by atoms with Crippen LogP contribution in [0.4, 0.5) is 0 Å². The minimum Gasteiger partial charge on any atom is -1.00 e. The van der Waals surface area contributed by atoms with Gasteiger partial charge in [0.25, 0.3) is 0 Å². The third-order valence-corrected chi connectivity index (χ3v) is 0. The van der Waals surface area contributed by atoms with Gasteiger partial charge in [-0.3, -0.25) is 0 Å². The van der Waals surface area contributed by atoms with Crippen molar-refractivity contribution in [1.29, 1.82) is 0 Å². The molecule has 72 valence electrons. The summed E-state index contributed by atoms with van der Waals surface area (Å²) in [6.07, 6.45) is 0. The minimum atomic E-state index is 0. The summed E-state index contributed by atoms with van der Waals surface area (Å²) < 4.78 is 0. The maximum Gasteiger partial charge on any atom is 2.00 e. The SMILES string of the molecule is O.O.O.O.O.O.O.O.[H-].[H-].[H-].[H-].[Mg+2].[Mg+2]. The molecule has 0 aliphatic heterocycles.